The van der Waals surface area contributed by atoms with Crippen LogP contribution >= 0.6 is 11.6 Å². The van der Waals surface area contributed by atoms with Crippen molar-refractivity contribution >= 4 is 29.0 Å². The number of hydrogen-bond donors (Lipinski definition) is 2. The van der Waals surface area contributed by atoms with Crippen LogP contribution in [0, 0.1) is 5.82 Å². The summed E-state index contributed by atoms with van der Waals surface area (Å²) in [7, 11) is 0. The Bertz CT molecular complexity index is 1200. The van der Waals surface area contributed by atoms with E-state index in [-0.39, 0.29) is 24.7 Å². The Morgan fingerprint density at radius 3 is 2.57 bits per heavy atom. The maximum atomic E-state index is 14.3. The van der Waals surface area contributed by atoms with Gasteiger partial charge in [-0.3, -0.25) is 4.90 Å². The molecule has 0 aliphatic carbocycles. The number of halogens is 2. The van der Waals surface area contributed by atoms with E-state index >= 15 is 0 Å². The lowest BCUT2D eigenvalue weighted by Gasteiger charge is -2.40. The number of amides is 2. The Balaban J connectivity index is 1.29. The van der Waals surface area contributed by atoms with Crippen molar-refractivity contribution in [1.29, 1.82) is 0 Å². The van der Waals surface area contributed by atoms with Crippen LogP contribution in [0.15, 0.2) is 66.7 Å². The number of piperazine rings is 1. The number of benzene rings is 3. The molecule has 1 atom stereocenters. The molecule has 0 saturated carbocycles. The fourth-order valence-electron chi connectivity index (χ4n) is 4.49. The lowest BCUT2D eigenvalue weighted by atomic mass is 10.0. The molecule has 2 N–H and O–H groups in total. The Kier molecular flexibility index (Phi) is 6.92. The Morgan fingerprint density at radius 1 is 0.971 bits per heavy atom. The second kappa shape index (κ2) is 10.4. The Labute approximate surface area is 208 Å². The van der Waals surface area contributed by atoms with E-state index in [1.54, 1.807) is 30.3 Å². The number of ether oxygens (including phenoxy) is 2. The lowest BCUT2D eigenvalue weighted by molar-refractivity contribution is 0.173. The molecule has 35 heavy (non-hydrogen) atoms. The number of hydrogen-bond acceptors (Lipinski definition) is 5. The average Bonchev–Trinajstić information content (AvgIpc) is 3.33. The summed E-state index contributed by atoms with van der Waals surface area (Å²) < 4.78 is 25.3. The molecule has 2 aliphatic heterocycles. The number of para-hydroxylation sites is 1. The normalized spacial score (nSPS) is 16.1. The van der Waals surface area contributed by atoms with Crippen molar-refractivity contribution < 1.29 is 18.7 Å². The summed E-state index contributed by atoms with van der Waals surface area (Å²) in [5.74, 6) is 1.19. The zero-order valence-corrected chi connectivity index (χ0v) is 19.8. The summed E-state index contributed by atoms with van der Waals surface area (Å²) in [5, 5.41) is 6.36. The second-order valence-electron chi connectivity index (χ2n) is 8.45. The molecule has 0 spiro atoms. The summed E-state index contributed by atoms with van der Waals surface area (Å²) >= 11 is 6.02. The Morgan fingerprint density at radius 2 is 1.77 bits per heavy atom. The minimum Gasteiger partial charge on any atom is -0.454 e. The second-order valence-corrected chi connectivity index (χ2v) is 8.88. The van der Waals surface area contributed by atoms with Gasteiger partial charge in [-0.05, 0) is 48.0 Å². The van der Waals surface area contributed by atoms with Gasteiger partial charge >= 0.3 is 6.03 Å². The first kappa shape index (κ1) is 23.3. The molecule has 1 unspecified atom stereocenters. The first-order chi connectivity index (χ1) is 17.1. The zero-order chi connectivity index (χ0) is 24.2. The van der Waals surface area contributed by atoms with E-state index in [1.165, 1.54) is 6.07 Å². The van der Waals surface area contributed by atoms with Crippen molar-refractivity contribution in [2.45, 2.75) is 6.04 Å². The number of carbonyl (C=O) groups is 1. The van der Waals surface area contributed by atoms with Gasteiger partial charge in [-0.1, -0.05) is 35.9 Å². The number of nitrogens with zero attached hydrogens (tertiary/aromatic N) is 2. The molecule has 0 bridgehead atoms. The molecule has 3 aromatic carbocycles. The van der Waals surface area contributed by atoms with E-state index in [9.17, 15) is 9.18 Å². The van der Waals surface area contributed by atoms with E-state index in [1.807, 2.05) is 30.3 Å². The van der Waals surface area contributed by atoms with Gasteiger partial charge < -0.3 is 25.0 Å². The number of nitrogens with one attached hydrogen (secondary N) is 2. The molecule has 7 nitrogen and oxygen atoms in total. The number of carbonyl (C=O) groups excluding carboxylic acids is 1. The van der Waals surface area contributed by atoms with Gasteiger partial charge in [-0.25, -0.2) is 9.18 Å². The van der Waals surface area contributed by atoms with Crippen molar-refractivity contribution in [2.24, 2.45) is 0 Å². The predicted molar refractivity (Wildman–Crippen MR) is 134 cm³/mol. The fourth-order valence-corrected chi connectivity index (χ4v) is 4.68. The maximum absolute atomic E-state index is 14.3. The topological polar surface area (TPSA) is 66.1 Å². The number of urea groups is 1. The highest BCUT2D eigenvalue weighted by Crippen LogP contribution is 2.36. The third kappa shape index (κ3) is 5.44. The van der Waals surface area contributed by atoms with Crippen LogP contribution in [-0.2, 0) is 0 Å². The van der Waals surface area contributed by atoms with Crippen LogP contribution in [0.25, 0.3) is 0 Å². The van der Waals surface area contributed by atoms with Gasteiger partial charge in [0.2, 0.25) is 6.79 Å². The molecule has 2 heterocycles. The van der Waals surface area contributed by atoms with Crippen LogP contribution in [0.1, 0.15) is 11.6 Å². The van der Waals surface area contributed by atoms with Crippen LogP contribution in [0.4, 0.5) is 20.6 Å². The molecular weight excluding hydrogens is 471 g/mol. The maximum Gasteiger partial charge on any atom is 0.319 e. The number of anilines is 2. The quantitative estimate of drug-likeness (QED) is 0.508. The van der Waals surface area contributed by atoms with Crippen molar-refractivity contribution in [3.63, 3.8) is 0 Å². The molecule has 2 amide bonds. The van der Waals surface area contributed by atoms with Crippen LogP contribution in [-0.4, -0.2) is 50.4 Å². The van der Waals surface area contributed by atoms with E-state index in [2.05, 4.69) is 20.4 Å². The van der Waals surface area contributed by atoms with Crippen LogP contribution < -0.4 is 25.0 Å². The van der Waals surface area contributed by atoms with Gasteiger partial charge in [0.25, 0.3) is 0 Å². The van der Waals surface area contributed by atoms with Crippen molar-refractivity contribution in [3.05, 3.63) is 83.1 Å². The number of rotatable bonds is 6. The minimum atomic E-state index is -0.317. The summed E-state index contributed by atoms with van der Waals surface area (Å²) in [6.07, 6.45) is 0. The third-order valence-electron chi connectivity index (χ3n) is 6.27. The van der Waals surface area contributed by atoms with E-state index < -0.39 is 0 Å². The van der Waals surface area contributed by atoms with Crippen LogP contribution in [0.2, 0.25) is 5.02 Å². The van der Waals surface area contributed by atoms with Crippen molar-refractivity contribution in [3.8, 4) is 11.5 Å². The number of fused-ring (bicyclic) bond motifs is 1. The first-order valence-electron chi connectivity index (χ1n) is 11.5. The fraction of sp³-hybridized carbons (Fsp3) is 0.269. The molecule has 9 heteroatoms. The highest BCUT2D eigenvalue weighted by molar-refractivity contribution is 6.30. The Hall–Kier alpha value is -3.49. The molecule has 3 aromatic rings. The SMILES string of the molecule is O=C(NCC(c1ccc2c(c1)OCO2)N1CCN(c2ccccc2F)CC1)Nc1cccc(Cl)c1. The van der Waals surface area contributed by atoms with Gasteiger partial charge in [-0.2, -0.15) is 0 Å². The largest absolute Gasteiger partial charge is 0.454 e. The van der Waals surface area contributed by atoms with E-state index in [0.29, 0.717) is 60.6 Å². The third-order valence-corrected chi connectivity index (χ3v) is 6.50. The standard InChI is InChI=1S/C26H26ClFN4O3/c27-19-4-3-5-20(15-19)30-26(33)29-16-23(18-8-9-24-25(14-18)35-17-34-24)32-12-10-31(11-13-32)22-7-2-1-6-21(22)28/h1-9,14-15,23H,10-13,16-17H2,(H2,29,30,33). The van der Waals surface area contributed by atoms with Crippen molar-refractivity contribution in [2.75, 3.05) is 49.7 Å². The van der Waals surface area contributed by atoms with Crippen LogP contribution in [0.3, 0.4) is 0 Å². The molecule has 2 aliphatic rings. The highest BCUT2D eigenvalue weighted by atomic mass is 35.5. The summed E-state index contributed by atoms with van der Waals surface area (Å²) in [4.78, 5) is 17.0. The molecule has 1 saturated heterocycles. The molecule has 5 rings (SSSR count). The van der Waals surface area contributed by atoms with E-state index in [4.69, 9.17) is 21.1 Å². The summed E-state index contributed by atoms with van der Waals surface area (Å²) in [6, 6.07) is 19.3. The molecule has 182 valence electrons. The predicted octanol–water partition coefficient (Wildman–Crippen LogP) is 4.89. The van der Waals surface area contributed by atoms with Gasteiger partial charge in [0.05, 0.1) is 11.7 Å². The molecule has 1 fully saturated rings. The average molecular weight is 497 g/mol. The summed E-state index contributed by atoms with van der Waals surface area (Å²) in [5.41, 5.74) is 2.25. The first-order valence-corrected chi connectivity index (χ1v) is 11.9. The van der Waals surface area contributed by atoms with Gasteiger partial charge in [-0.15, -0.1) is 0 Å². The van der Waals surface area contributed by atoms with Gasteiger partial charge in [0, 0.05) is 43.4 Å². The van der Waals surface area contributed by atoms with Gasteiger partial charge in [0.15, 0.2) is 11.5 Å². The lowest BCUT2D eigenvalue weighted by Crippen LogP contribution is -2.50. The van der Waals surface area contributed by atoms with Crippen LogP contribution in [0.5, 0.6) is 11.5 Å². The minimum absolute atomic E-state index is 0.0996. The zero-order valence-electron chi connectivity index (χ0n) is 19.0. The molecule has 0 radical (unpaired) electrons. The highest BCUT2D eigenvalue weighted by Gasteiger charge is 2.28. The summed E-state index contributed by atoms with van der Waals surface area (Å²) in [6.45, 7) is 3.36. The molecule has 0 aromatic heterocycles. The van der Waals surface area contributed by atoms with Crippen molar-refractivity contribution in [1.82, 2.24) is 10.2 Å². The van der Waals surface area contributed by atoms with E-state index in [0.717, 1.165) is 5.56 Å². The monoisotopic (exact) mass is 496 g/mol. The smallest absolute Gasteiger partial charge is 0.319 e. The van der Waals surface area contributed by atoms with Gasteiger partial charge in [0.1, 0.15) is 5.82 Å². The molecular formula is C26H26ClFN4O3.